The lowest BCUT2D eigenvalue weighted by Gasteiger charge is -2.59. The number of aliphatic hydroxyl groups is 2. The smallest absolute Gasteiger partial charge is 0.412 e. The van der Waals surface area contributed by atoms with E-state index in [0.29, 0.717) is 42.2 Å². The van der Waals surface area contributed by atoms with Gasteiger partial charge in [-0.1, -0.05) is 137 Å². The second-order valence-corrected chi connectivity index (χ2v) is 19.5. The van der Waals surface area contributed by atoms with Crippen LogP contribution in [0.5, 0.6) is 11.5 Å². The molecule has 3 N–H and O–H groups in total. The highest BCUT2D eigenvalue weighted by atomic mass is 35.5. The Morgan fingerprint density at radius 2 is 1.61 bits per heavy atom. The first-order chi connectivity index (χ1) is 34.8. The normalized spacial score (nSPS) is 21.6. The maximum absolute atomic E-state index is 14.6. The molecule has 1 aliphatic heterocycles. The number of hydrogen-bond donors (Lipinski definition) is 3. The SMILES string of the molecule is C=CCO[C@@]12Oc3ccc(OC(=O)NCCCCCCCCCCCC)cc3[C@H]3[C@H](CCCCO)[C@@H](CCCCO)C=C(C(=NOCc4ccccc4)C[C@@H]1N(Cc1ccc(F)cc1)C(=O)OCCCl)[C@H]32. The fraction of sp³-hybridized carbons (Fsp3) is 0.561. The van der Waals surface area contributed by atoms with Crippen molar-refractivity contribution in [1.29, 1.82) is 0 Å². The predicted octanol–water partition coefficient (Wildman–Crippen LogP) is 12.5. The van der Waals surface area contributed by atoms with Gasteiger partial charge in [-0.25, -0.2) is 14.0 Å². The van der Waals surface area contributed by atoms with Crippen LogP contribution in [-0.4, -0.2) is 83.7 Å². The van der Waals surface area contributed by atoms with E-state index < -0.39 is 35.8 Å². The Morgan fingerprint density at radius 3 is 2.30 bits per heavy atom. The zero-order valence-electron chi connectivity index (χ0n) is 41.8. The van der Waals surface area contributed by atoms with Crippen LogP contribution in [0.4, 0.5) is 14.0 Å². The average molecular weight is 1000 g/mol. The number of amides is 2. The first-order valence-electron chi connectivity index (χ1n) is 26.2. The number of aliphatic hydroxyl groups excluding tert-OH is 2. The van der Waals surface area contributed by atoms with Gasteiger partial charge in [0.15, 0.2) is 0 Å². The van der Waals surface area contributed by atoms with Gasteiger partial charge in [-0.2, -0.15) is 0 Å². The summed E-state index contributed by atoms with van der Waals surface area (Å²) < 4.78 is 40.6. The first-order valence-corrected chi connectivity index (χ1v) is 26.7. The van der Waals surface area contributed by atoms with Gasteiger partial charge >= 0.3 is 12.2 Å². The van der Waals surface area contributed by atoms with Crippen molar-refractivity contribution in [1.82, 2.24) is 10.2 Å². The number of carbonyl (C=O) groups excluding carboxylic acids is 2. The third-order valence-electron chi connectivity index (χ3n) is 14.1. The van der Waals surface area contributed by atoms with Gasteiger partial charge in [-0.3, -0.25) is 4.90 Å². The Kier molecular flexibility index (Phi) is 23.0. The number of unbranched alkanes of at least 4 members (excludes halogenated alkanes) is 11. The molecule has 3 aromatic rings. The summed E-state index contributed by atoms with van der Waals surface area (Å²) in [7, 11) is 0. The Labute approximate surface area is 425 Å². The van der Waals surface area contributed by atoms with E-state index in [4.69, 9.17) is 40.5 Å². The molecule has 0 spiro atoms. The zero-order chi connectivity index (χ0) is 50.3. The van der Waals surface area contributed by atoms with Crippen LogP contribution >= 0.6 is 11.6 Å². The minimum absolute atomic E-state index is 0.000790. The highest BCUT2D eigenvalue weighted by molar-refractivity contribution is 6.18. The number of alkyl halides is 1. The van der Waals surface area contributed by atoms with Gasteiger partial charge in [0.1, 0.15) is 36.6 Å². The molecule has 1 saturated carbocycles. The first kappa shape index (κ1) is 55.4. The Bertz CT molecular complexity index is 2160. The fourth-order valence-corrected chi connectivity index (χ4v) is 10.8. The van der Waals surface area contributed by atoms with Crippen molar-refractivity contribution in [2.24, 2.45) is 22.9 Å². The van der Waals surface area contributed by atoms with E-state index in [0.717, 1.165) is 61.6 Å². The van der Waals surface area contributed by atoms with Crippen LogP contribution in [0.15, 0.2) is 102 Å². The van der Waals surface area contributed by atoms with Crippen molar-refractivity contribution in [3.8, 4) is 11.5 Å². The van der Waals surface area contributed by atoms with Gasteiger partial charge in [0.2, 0.25) is 5.79 Å². The second kappa shape index (κ2) is 29.5. The van der Waals surface area contributed by atoms with Crippen molar-refractivity contribution in [3.05, 3.63) is 120 Å². The van der Waals surface area contributed by atoms with Crippen molar-refractivity contribution in [2.45, 2.75) is 147 Å². The zero-order valence-corrected chi connectivity index (χ0v) is 42.5. The van der Waals surface area contributed by atoms with E-state index in [1.165, 1.54) is 57.1 Å². The molecule has 0 radical (unpaired) electrons. The molecule has 2 aliphatic carbocycles. The molecule has 388 valence electrons. The van der Waals surface area contributed by atoms with E-state index >= 15 is 0 Å². The molecule has 3 aliphatic rings. The molecule has 0 saturated heterocycles. The molecular formula is C57H77ClFN3O9. The number of fused-ring (bicyclic) bond motifs is 2. The van der Waals surface area contributed by atoms with E-state index in [1.54, 1.807) is 35.2 Å². The molecule has 2 amide bonds. The lowest BCUT2D eigenvalue weighted by atomic mass is 9.55. The molecule has 0 unspecified atom stereocenters. The van der Waals surface area contributed by atoms with Crippen LogP contribution in [0.2, 0.25) is 0 Å². The average Bonchev–Trinajstić information content (AvgIpc) is 3.38. The molecule has 12 nitrogen and oxygen atoms in total. The highest BCUT2D eigenvalue weighted by Gasteiger charge is 2.65. The van der Waals surface area contributed by atoms with E-state index in [2.05, 4.69) is 24.9 Å². The van der Waals surface area contributed by atoms with Gasteiger partial charge in [0, 0.05) is 44.2 Å². The van der Waals surface area contributed by atoms with E-state index in [9.17, 15) is 24.2 Å². The van der Waals surface area contributed by atoms with E-state index in [-0.39, 0.29) is 69.6 Å². The number of nitrogens with zero attached hydrogens (tertiary/aromatic N) is 2. The number of oxime groups is 1. The molecule has 3 aromatic carbocycles. The van der Waals surface area contributed by atoms with Gasteiger partial charge in [0.05, 0.1) is 24.1 Å². The largest absolute Gasteiger partial charge is 0.459 e. The third-order valence-corrected chi connectivity index (χ3v) is 14.2. The van der Waals surface area contributed by atoms with E-state index in [1.807, 2.05) is 36.4 Å². The number of halogens is 2. The highest BCUT2D eigenvalue weighted by Crippen LogP contribution is 2.62. The number of rotatable bonds is 31. The summed E-state index contributed by atoms with van der Waals surface area (Å²) in [5.41, 5.74) is 3.81. The number of carbonyl (C=O) groups is 2. The monoisotopic (exact) mass is 1000 g/mol. The molecule has 1 heterocycles. The summed E-state index contributed by atoms with van der Waals surface area (Å²) in [6.07, 6.45) is 19.0. The predicted molar refractivity (Wildman–Crippen MR) is 276 cm³/mol. The van der Waals surface area contributed by atoms with Crippen molar-refractivity contribution >= 4 is 29.5 Å². The van der Waals surface area contributed by atoms with Crippen molar-refractivity contribution in [3.63, 3.8) is 0 Å². The lowest BCUT2D eigenvalue weighted by Crippen LogP contribution is -2.70. The summed E-state index contributed by atoms with van der Waals surface area (Å²) in [5, 5.41) is 27.9. The number of nitrogens with one attached hydrogen (secondary N) is 1. The summed E-state index contributed by atoms with van der Waals surface area (Å²) >= 11 is 6.11. The molecule has 0 bridgehead atoms. The number of hydrogen-bond acceptors (Lipinski definition) is 10. The Balaban J connectivity index is 1.42. The summed E-state index contributed by atoms with van der Waals surface area (Å²) in [4.78, 5) is 35.8. The van der Waals surface area contributed by atoms with Gasteiger partial charge < -0.3 is 39.3 Å². The molecular weight excluding hydrogens is 925 g/mol. The maximum atomic E-state index is 14.6. The van der Waals surface area contributed by atoms with Gasteiger partial charge in [0.25, 0.3) is 0 Å². The van der Waals surface area contributed by atoms with Gasteiger partial charge in [-0.15, -0.1) is 18.2 Å². The summed E-state index contributed by atoms with van der Waals surface area (Å²) in [6, 6.07) is 20.2. The lowest BCUT2D eigenvalue weighted by molar-refractivity contribution is -0.256. The number of ether oxygens (including phenoxy) is 4. The van der Waals surface area contributed by atoms with Crippen LogP contribution in [0, 0.1) is 23.6 Å². The molecule has 71 heavy (non-hydrogen) atoms. The Hall–Kier alpha value is -4.95. The van der Waals surface area contributed by atoms with Crippen LogP contribution in [0.25, 0.3) is 0 Å². The minimum atomic E-state index is -1.59. The van der Waals surface area contributed by atoms with Crippen LogP contribution in [-0.2, 0) is 27.5 Å². The van der Waals surface area contributed by atoms with Crippen molar-refractivity contribution < 1.29 is 48.0 Å². The molecule has 14 heteroatoms. The quantitative estimate of drug-likeness (QED) is 0.0248. The molecule has 6 rings (SSSR count). The standard InChI is InChI=1S/C57H77ClFN3O9/c1-3-5-6-7-8-9-10-11-12-18-32-60-55(65)70-46-29-30-51-49(38-46)53-47(24-17-20-34-64)44(23-16-19-33-63)37-48-50(61-69-41-43-21-14-13-15-22-43)39-52(57(71-51,54(48)53)68-35-4-2)62(56(66)67-36-31-58)40-42-25-27-45(59)28-26-42/h4,13-15,21-22,25-30,37-38,44,47,52-54,63-64H,2-3,5-12,16-20,23-24,31-36,39-41H2,1H3,(H,60,65)/t44-,47+,52-,53+,54+,57+/m0/s1. The fourth-order valence-electron chi connectivity index (χ4n) is 10.7. The van der Waals surface area contributed by atoms with Crippen molar-refractivity contribution in [2.75, 3.05) is 38.9 Å². The van der Waals surface area contributed by atoms with Gasteiger partial charge in [-0.05, 0) is 91.0 Å². The third kappa shape index (κ3) is 15.5. The van der Waals surface area contributed by atoms with Crippen LogP contribution in [0.1, 0.15) is 139 Å². The summed E-state index contributed by atoms with van der Waals surface area (Å²) in [6.45, 7) is 7.04. The second-order valence-electron chi connectivity index (χ2n) is 19.1. The molecule has 6 atom stereocenters. The number of allylic oxidation sites excluding steroid dienone is 1. The summed E-state index contributed by atoms with van der Waals surface area (Å²) in [5.74, 6) is -2.17. The van der Waals surface area contributed by atoms with Crippen LogP contribution in [0.3, 0.4) is 0 Å². The minimum Gasteiger partial charge on any atom is -0.459 e. The topological polar surface area (TPSA) is 148 Å². The molecule has 0 aromatic heterocycles. The number of benzene rings is 3. The molecule has 1 fully saturated rings. The Morgan fingerprint density at radius 1 is 0.901 bits per heavy atom. The maximum Gasteiger partial charge on any atom is 0.412 e. The van der Waals surface area contributed by atoms with Crippen LogP contribution < -0.4 is 14.8 Å².